The van der Waals surface area contributed by atoms with Crippen molar-refractivity contribution in [1.29, 1.82) is 0 Å². The summed E-state index contributed by atoms with van der Waals surface area (Å²) in [7, 11) is 3.04. The van der Waals surface area contributed by atoms with E-state index in [4.69, 9.17) is 9.47 Å². The molecule has 0 heterocycles. The third kappa shape index (κ3) is 4.76. The Hall–Kier alpha value is -2.30. The number of allylic oxidation sites excluding steroid dienone is 1. The van der Waals surface area contributed by atoms with Crippen LogP contribution in [0.15, 0.2) is 30.9 Å². The largest absolute Gasteiger partial charge is 0.497 e. The Labute approximate surface area is 118 Å². The van der Waals surface area contributed by atoms with Gasteiger partial charge in [0.25, 0.3) is 0 Å². The average molecular weight is 277 g/mol. The standard InChI is InChI=1S/C15H19NO4/c1-4-5-6-11(17)9-15(18)16-13-10-12(19-2)7-8-14(13)20-3/h4,7-8,10H,1,5-6,9H2,2-3H3,(H,16,18). The summed E-state index contributed by atoms with van der Waals surface area (Å²) in [6.07, 6.45) is 2.40. The molecule has 0 aromatic heterocycles. The van der Waals surface area contributed by atoms with Crippen molar-refractivity contribution < 1.29 is 19.1 Å². The molecule has 5 heteroatoms. The summed E-state index contributed by atoms with van der Waals surface area (Å²) in [4.78, 5) is 23.3. The summed E-state index contributed by atoms with van der Waals surface area (Å²) < 4.78 is 10.2. The highest BCUT2D eigenvalue weighted by atomic mass is 16.5. The first-order valence-electron chi connectivity index (χ1n) is 6.25. The molecule has 0 radical (unpaired) electrons. The highest BCUT2D eigenvalue weighted by molar-refractivity contribution is 6.04. The van der Waals surface area contributed by atoms with Crippen LogP contribution in [-0.4, -0.2) is 25.9 Å². The number of anilines is 1. The zero-order valence-electron chi connectivity index (χ0n) is 11.8. The molecule has 0 unspecified atom stereocenters. The van der Waals surface area contributed by atoms with Crippen molar-refractivity contribution in [3.05, 3.63) is 30.9 Å². The monoisotopic (exact) mass is 277 g/mol. The maximum atomic E-state index is 11.8. The lowest BCUT2D eigenvalue weighted by molar-refractivity contribution is -0.125. The normalized spacial score (nSPS) is 9.70. The van der Waals surface area contributed by atoms with Crippen LogP contribution in [0.4, 0.5) is 5.69 Å². The second-order valence-corrected chi connectivity index (χ2v) is 4.16. The fourth-order valence-corrected chi connectivity index (χ4v) is 1.64. The van der Waals surface area contributed by atoms with Gasteiger partial charge in [0, 0.05) is 12.5 Å². The van der Waals surface area contributed by atoms with Crippen LogP contribution in [-0.2, 0) is 9.59 Å². The Bertz CT molecular complexity index is 497. The first kappa shape index (κ1) is 15.8. The number of ketones is 1. The summed E-state index contributed by atoms with van der Waals surface area (Å²) in [6, 6.07) is 5.06. The number of methoxy groups -OCH3 is 2. The zero-order chi connectivity index (χ0) is 15.0. The molecular weight excluding hydrogens is 258 g/mol. The highest BCUT2D eigenvalue weighted by Crippen LogP contribution is 2.28. The van der Waals surface area contributed by atoms with E-state index in [0.717, 1.165) is 0 Å². The van der Waals surface area contributed by atoms with Crippen LogP contribution >= 0.6 is 0 Å². The molecule has 1 amide bonds. The van der Waals surface area contributed by atoms with Crippen molar-refractivity contribution in [3.8, 4) is 11.5 Å². The minimum Gasteiger partial charge on any atom is -0.497 e. The van der Waals surface area contributed by atoms with E-state index in [1.165, 1.54) is 14.2 Å². The molecular formula is C15H19NO4. The van der Waals surface area contributed by atoms with Crippen molar-refractivity contribution in [3.63, 3.8) is 0 Å². The predicted octanol–water partition coefficient (Wildman–Crippen LogP) is 2.57. The van der Waals surface area contributed by atoms with Gasteiger partial charge in [0.1, 0.15) is 17.3 Å². The van der Waals surface area contributed by atoms with Crippen LogP contribution in [0.1, 0.15) is 19.3 Å². The van der Waals surface area contributed by atoms with Gasteiger partial charge in [-0.15, -0.1) is 6.58 Å². The van der Waals surface area contributed by atoms with E-state index < -0.39 is 0 Å². The maximum absolute atomic E-state index is 11.8. The fraction of sp³-hybridized carbons (Fsp3) is 0.333. The Morgan fingerprint density at radius 1 is 1.30 bits per heavy atom. The molecule has 20 heavy (non-hydrogen) atoms. The number of carbonyl (C=O) groups excluding carboxylic acids is 2. The minimum absolute atomic E-state index is 0.121. The summed E-state index contributed by atoms with van der Waals surface area (Å²) in [6.45, 7) is 3.54. The van der Waals surface area contributed by atoms with Crippen molar-refractivity contribution in [2.24, 2.45) is 0 Å². The first-order chi connectivity index (χ1) is 9.60. The molecule has 0 saturated heterocycles. The van der Waals surface area contributed by atoms with E-state index in [9.17, 15) is 9.59 Å². The number of ether oxygens (including phenoxy) is 2. The van der Waals surface area contributed by atoms with Crippen molar-refractivity contribution >= 4 is 17.4 Å². The summed E-state index contributed by atoms with van der Waals surface area (Å²) in [5, 5.41) is 2.65. The molecule has 1 N–H and O–H groups in total. The molecule has 0 atom stereocenters. The van der Waals surface area contributed by atoms with Crippen molar-refractivity contribution in [2.75, 3.05) is 19.5 Å². The van der Waals surface area contributed by atoms with Gasteiger partial charge in [0.05, 0.1) is 26.3 Å². The van der Waals surface area contributed by atoms with Crippen LogP contribution in [0.2, 0.25) is 0 Å². The van der Waals surface area contributed by atoms with Crippen LogP contribution in [0, 0.1) is 0 Å². The molecule has 0 saturated carbocycles. The molecule has 0 fully saturated rings. The van der Waals surface area contributed by atoms with Gasteiger partial charge in [-0.05, 0) is 18.6 Å². The molecule has 5 nitrogen and oxygen atoms in total. The summed E-state index contributed by atoms with van der Waals surface area (Å²) in [5.74, 6) is 0.617. The zero-order valence-corrected chi connectivity index (χ0v) is 11.8. The second-order valence-electron chi connectivity index (χ2n) is 4.16. The summed E-state index contributed by atoms with van der Waals surface area (Å²) >= 11 is 0. The summed E-state index contributed by atoms with van der Waals surface area (Å²) in [5.41, 5.74) is 0.480. The average Bonchev–Trinajstić information content (AvgIpc) is 2.44. The van der Waals surface area contributed by atoms with Crippen LogP contribution < -0.4 is 14.8 Å². The van der Waals surface area contributed by atoms with E-state index in [2.05, 4.69) is 11.9 Å². The Kier molecular flexibility index (Phi) is 6.29. The number of benzene rings is 1. The second kappa shape index (κ2) is 7.99. The number of hydrogen-bond acceptors (Lipinski definition) is 4. The molecule has 0 bridgehead atoms. The number of Topliss-reactive ketones (excluding diaryl/α,β-unsaturated/α-hetero) is 1. The lowest BCUT2D eigenvalue weighted by Gasteiger charge is -2.11. The number of hydrogen-bond donors (Lipinski definition) is 1. The van der Waals surface area contributed by atoms with Gasteiger partial charge in [0.2, 0.25) is 5.91 Å². The lowest BCUT2D eigenvalue weighted by Crippen LogP contribution is -2.16. The molecule has 1 rings (SSSR count). The quantitative estimate of drug-likeness (QED) is 0.586. The number of rotatable bonds is 8. The highest BCUT2D eigenvalue weighted by Gasteiger charge is 2.12. The van der Waals surface area contributed by atoms with Crippen molar-refractivity contribution in [1.82, 2.24) is 0 Å². The van der Waals surface area contributed by atoms with Gasteiger partial charge in [-0.3, -0.25) is 9.59 Å². The first-order valence-corrected chi connectivity index (χ1v) is 6.25. The van der Waals surface area contributed by atoms with E-state index in [1.807, 2.05) is 0 Å². The topological polar surface area (TPSA) is 64.6 Å². The van der Waals surface area contributed by atoms with Gasteiger partial charge in [-0.2, -0.15) is 0 Å². The molecule has 1 aromatic rings. The number of carbonyl (C=O) groups is 2. The van der Waals surface area contributed by atoms with Crippen LogP contribution in [0.25, 0.3) is 0 Å². The Morgan fingerprint density at radius 2 is 2.05 bits per heavy atom. The van der Waals surface area contributed by atoms with Gasteiger partial charge in [0.15, 0.2) is 0 Å². The van der Waals surface area contributed by atoms with Crippen molar-refractivity contribution in [2.45, 2.75) is 19.3 Å². The third-order valence-corrected chi connectivity index (χ3v) is 2.67. The smallest absolute Gasteiger partial charge is 0.231 e. The van der Waals surface area contributed by atoms with E-state index in [0.29, 0.717) is 30.0 Å². The van der Waals surface area contributed by atoms with E-state index >= 15 is 0 Å². The SMILES string of the molecule is C=CCCC(=O)CC(=O)Nc1cc(OC)ccc1OC. The third-order valence-electron chi connectivity index (χ3n) is 2.67. The number of amides is 1. The van der Waals surface area contributed by atoms with Gasteiger partial charge in [-0.25, -0.2) is 0 Å². The molecule has 0 aliphatic rings. The Balaban J connectivity index is 2.69. The van der Waals surface area contributed by atoms with E-state index in [-0.39, 0.29) is 18.1 Å². The molecule has 108 valence electrons. The van der Waals surface area contributed by atoms with Gasteiger partial charge < -0.3 is 14.8 Å². The van der Waals surface area contributed by atoms with Gasteiger partial charge >= 0.3 is 0 Å². The minimum atomic E-state index is -0.370. The van der Waals surface area contributed by atoms with Gasteiger partial charge in [-0.1, -0.05) is 6.08 Å². The molecule has 0 aliphatic heterocycles. The molecule has 0 spiro atoms. The van der Waals surface area contributed by atoms with Crippen LogP contribution in [0.3, 0.4) is 0 Å². The maximum Gasteiger partial charge on any atom is 0.231 e. The number of nitrogens with one attached hydrogen (secondary N) is 1. The molecule has 1 aromatic carbocycles. The van der Waals surface area contributed by atoms with Crippen LogP contribution in [0.5, 0.6) is 11.5 Å². The molecule has 0 aliphatic carbocycles. The fourth-order valence-electron chi connectivity index (χ4n) is 1.64. The Morgan fingerprint density at radius 3 is 2.65 bits per heavy atom. The predicted molar refractivity (Wildman–Crippen MR) is 77.2 cm³/mol. The van der Waals surface area contributed by atoms with E-state index in [1.54, 1.807) is 24.3 Å². The lowest BCUT2D eigenvalue weighted by atomic mass is 10.1.